The van der Waals surface area contributed by atoms with Gasteiger partial charge in [0.1, 0.15) is 5.75 Å². The van der Waals surface area contributed by atoms with Crippen LogP contribution < -0.4 is 10.1 Å². The SMILES string of the molecule is Cc1c(Cl)cccc1OCC(=O)N1CCNCC1c1cccnc1.Cl. The second-order valence-electron chi connectivity index (χ2n) is 5.75. The fourth-order valence-electron chi connectivity index (χ4n) is 2.84. The number of rotatable bonds is 4. The number of piperazine rings is 1. The van der Waals surface area contributed by atoms with E-state index >= 15 is 0 Å². The molecule has 7 heteroatoms. The van der Waals surface area contributed by atoms with E-state index in [1.54, 1.807) is 18.5 Å². The molecule has 0 radical (unpaired) electrons. The summed E-state index contributed by atoms with van der Waals surface area (Å²) in [5.41, 5.74) is 1.87. The Morgan fingerprint density at radius 3 is 3.00 bits per heavy atom. The van der Waals surface area contributed by atoms with Crippen LogP contribution in [0.25, 0.3) is 0 Å². The third kappa shape index (κ3) is 4.63. The number of benzene rings is 1. The van der Waals surface area contributed by atoms with Crippen molar-refractivity contribution in [2.75, 3.05) is 26.2 Å². The van der Waals surface area contributed by atoms with Gasteiger partial charge in [-0.2, -0.15) is 0 Å². The van der Waals surface area contributed by atoms with Crippen molar-refractivity contribution in [1.29, 1.82) is 0 Å². The van der Waals surface area contributed by atoms with Gasteiger partial charge >= 0.3 is 0 Å². The van der Waals surface area contributed by atoms with Crippen molar-refractivity contribution in [2.24, 2.45) is 0 Å². The summed E-state index contributed by atoms with van der Waals surface area (Å²) in [5.74, 6) is 0.605. The van der Waals surface area contributed by atoms with Crippen LogP contribution in [-0.4, -0.2) is 42.0 Å². The highest BCUT2D eigenvalue weighted by atomic mass is 35.5. The molecule has 0 spiro atoms. The molecule has 1 amide bonds. The van der Waals surface area contributed by atoms with Gasteiger partial charge in [-0.05, 0) is 30.7 Å². The Morgan fingerprint density at radius 1 is 1.40 bits per heavy atom. The summed E-state index contributed by atoms with van der Waals surface area (Å²) in [4.78, 5) is 18.7. The number of pyridine rings is 1. The van der Waals surface area contributed by atoms with Crippen molar-refractivity contribution < 1.29 is 9.53 Å². The van der Waals surface area contributed by atoms with Crippen LogP contribution >= 0.6 is 24.0 Å². The van der Waals surface area contributed by atoms with E-state index in [2.05, 4.69) is 10.3 Å². The van der Waals surface area contributed by atoms with Crippen molar-refractivity contribution >= 4 is 29.9 Å². The van der Waals surface area contributed by atoms with E-state index in [9.17, 15) is 4.79 Å². The molecular formula is C18H21Cl2N3O2. The van der Waals surface area contributed by atoms with Gasteiger partial charge in [0, 0.05) is 42.6 Å². The van der Waals surface area contributed by atoms with E-state index in [1.807, 2.05) is 36.1 Å². The fraction of sp³-hybridized carbons (Fsp3) is 0.333. The predicted molar refractivity (Wildman–Crippen MR) is 100 cm³/mol. The van der Waals surface area contributed by atoms with E-state index in [4.69, 9.17) is 16.3 Å². The number of nitrogens with zero attached hydrogens (tertiary/aromatic N) is 2. The van der Waals surface area contributed by atoms with Crippen LogP contribution in [-0.2, 0) is 4.79 Å². The Balaban J connectivity index is 0.00000225. The molecule has 2 heterocycles. The Labute approximate surface area is 158 Å². The summed E-state index contributed by atoms with van der Waals surface area (Å²) in [6, 6.07) is 9.30. The van der Waals surface area contributed by atoms with Crippen LogP contribution in [0, 0.1) is 6.92 Å². The molecule has 0 saturated carbocycles. The Bertz CT molecular complexity index is 713. The third-order valence-corrected chi connectivity index (χ3v) is 4.61. The molecule has 1 saturated heterocycles. The number of ether oxygens (including phenoxy) is 1. The Morgan fingerprint density at radius 2 is 2.24 bits per heavy atom. The molecule has 1 aromatic carbocycles. The number of aromatic nitrogens is 1. The highest BCUT2D eigenvalue weighted by Crippen LogP contribution is 2.26. The summed E-state index contributed by atoms with van der Waals surface area (Å²) >= 11 is 6.09. The van der Waals surface area contributed by atoms with E-state index < -0.39 is 0 Å². The topological polar surface area (TPSA) is 54.5 Å². The summed E-state index contributed by atoms with van der Waals surface area (Å²) in [5, 5.41) is 3.96. The lowest BCUT2D eigenvalue weighted by atomic mass is 10.1. The van der Waals surface area contributed by atoms with Gasteiger partial charge in [0.15, 0.2) is 6.61 Å². The van der Waals surface area contributed by atoms with Crippen molar-refractivity contribution in [3.63, 3.8) is 0 Å². The summed E-state index contributed by atoms with van der Waals surface area (Å²) < 4.78 is 5.71. The maximum Gasteiger partial charge on any atom is 0.261 e. The first-order valence-corrected chi connectivity index (χ1v) is 8.32. The van der Waals surface area contributed by atoms with E-state index in [-0.39, 0.29) is 31.0 Å². The number of amides is 1. The van der Waals surface area contributed by atoms with E-state index in [0.29, 0.717) is 23.9 Å². The molecule has 1 atom stereocenters. The first-order chi connectivity index (χ1) is 11.7. The molecule has 0 bridgehead atoms. The van der Waals surface area contributed by atoms with Crippen LogP contribution in [0.2, 0.25) is 5.02 Å². The lowest BCUT2D eigenvalue weighted by Gasteiger charge is -2.36. The van der Waals surface area contributed by atoms with E-state index in [1.165, 1.54) is 0 Å². The van der Waals surface area contributed by atoms with Gasteiger partial charge in [0.2, 0.25) is 0 Å². The number of carbonyl (C=O) groups is 1. The molecule has 3 rings (SSSR count). The van der Waals surface area contributed by atoms with Gasteiger partial charge in [-0.1, -0.05) is 23.7 Å². The minimum absolute atomic E-state index is 0. The van der Waals surface area contributed by atoms with Crippen molar-refractivity contribution in [2.45, 2.75) is 13.0 Å². The van der Waals surface area contributed by atoms with Crippen LogP contribution in [0.5, 0.6) is 5.75 Å². The van der Waals surface area contributed by atoms with Gasteiger partial charge in [0.05, 0.1) is 6.04 Å². The van der Waals surface area contributed by atoms with Gasteiger partial charge in [-0.15, -0.1) is 12.4 Å². The van der Waals surface area contributed by atoms with Crippen LogP contribution in [0.3, 0.4) is 0 Å². The molecule has 1 unspecified atom stereocenters. The molecular weight excluding hydrogens is 361 g/mol. The van der Waals surface area contributed by atoms with Gasteiger partial charge < -0.3 is 15.0 Å². The molecule has 25 heavy (non-hydrogen) atoms. The minimum Gasteiger partial charge on any atom is -0.483 e. The average Bonchev–Trinajstić information content (AvgIpc) is 2.63. The molecule has 0 aliphatic carbocycles. The zero-order valence-electron chi connectivity index (χ0n) is 13.9. The normalized spacial score (nSPS) is 16.9. The number of halogens is 2. The number of carbonyl (C=O) groups excluding carboxylic acids is 1. The molecule has 5 nitrogen and oxygen atoms in total. The lowest BCUT2D eigenvalue weighted by Crippen LogP contribution is -2.50. The van der Waals surface area contributed by atoms with Crippen molar-refractivity contribution in [3.8, 4) is 5.75 Å². The first-order valence-electron chi connectivity index (χ1n) is 7.95. The predicted octanol–water partition coefficient (Wildman–Crippen LogP) is 3.02. The van der Waals surface area contributed by atoms with Crippen LogP contribution in [0.4, 0.5) is 0 Å². The summed E-state index contributed by atoms with van der Waals surface area (Å²) in [7, 11) is 0. The monoisotopic (exact) mass is 381 g/mol. The standard InChI is InChI=1S/C18H20ClN3O2.ClH/c1-13-15(19)5-2-6-17(13)24-12-18(23)22-9-8-21-11-16(22)14-4-3-7-20-10-14;/h2-7,10,16,21H,8-9,11-12H2,1H3;1H. The molecule has 1 N–H and O–H groups in total. The minimum atomic E-state index is -0.0373. The molecule has 134 valence electrons. The Kier molecular flexibility index (Phi) is 7.05. The second kappa shape index (κ2) is 9.04. The summed E-state index contributed by atoms with van der Waals surface area (Å²) in [6.07, 6.45) is 3.54. The lowest BCUT2D eigenvalue weighted by molar-refractivity contribution is -0.136. The van der Waals surface area contributed by atoms with Gasteiger partial charge in [-0.25, -0.2) is 0 Å². The Hall–Kier alpha value is -1.82. The molecule has 1 aromatic heterocycles. The van der Waals surface area contributed by atoms with Gasteiger partial charge in [0.25, 0.3) is 5.91 Å². The van der Waals surface area contributed by atoms with Crippen molar-refractivity contribution in [1.82, 2.24) is 15.2 Å². The quantitative estimate of drug-likeness (QED) is 0.884. The van der Waals surface area contributed by atoms with Crippen LogP contribution in [0.15, 0.2) is 42.7 Å². The number of hydrogen-bond acceptors (Lipinski definition) is 4. The zero-order chi connectivity index (χ0) is 16.9. The zero-order valence-corrected chi connectivity index (χ0v) is 15.5. The number of hydrogen-bond donors (Lipinski definition) is 1. The van der Waals surface area contributed by atoms with Crippen LogP contribution in [0.1, 0.15) is 17.2 Å². The molecule has 2 aromatic rings. The molecule has 1 aliphatic rings. The largest absolute Gasteiger partial charge is 0.483 e. The van der Waals surface area contributed by atoms with E-state index in [0.717, 1.165) is 17.7 Å². The molecule has 1 aliphatic heterocycles. The fourth-order valence-corrected chi connectivity index (χ4v) is 3.01. The third-order valence-electron chi connectivity index (χ3n) is 4.20. The average molecular weight is 382 g/mol. The second-order valence-corrected chi connectivity index (χ2v) is 6.15. The first kappa shape index (κ1) is 19.5. The highest BCUT2D eigenvalue weighted by Gasteiger charge is 2.28. The maximum absolute atomic E-state index is 12.7. The maximum atomic E-state index is 12.7. The highest BCUT2D eigenvalue weighted by molar-refractivity contribution is 6.31. The molecule has 1 fully saturated rings. The van der Waals surface area contributed by atoms with Gasteiger partial charge in [-0.3, -0.25) is 9.78 Å². The smallest absolute Gasteiger partial charge is 0.261 e. The van der Waals surface area contributed by atoms with Crippen molar-refractivity contribution in [3.05, 3.63) is 58.9 Å². The summed E-state index contributed by atoms with van der Waals surface area (Å²) in [6.45, 7) is 4.02. The number of nitrogens with one attached hydrogen (secondary N) is 1.